The molecule has 8 nitrogen and oxygen atoms in total. The molecule has 0 aliphatic carbocycles. The number of carboxylic acids is 1. The number of pyridine rings is 1. The molecule has 1 aromatic heterocycles. The maximum Gasteiger partial charge on any atom is 0.336 e. The highest BCUT2D eigenvalue weighted by Crippen LogP contribution is 2.31. The van der Waals surface area contributed by atoms with Gasteiger partial charge in [0.15, 0.2) is 0 Å². The fourth-order valence-corrected chi connectivity index (χ4v) is 3.45. The SMILES string of the molecule is Cc1c(C(=O)O)cc2ccccc2c1-n1c(N)c2c(cc1=O)C(=O)NC2=O. The zero-order valence-electron chi connectivity index (χ0n) is 14.1. The summed E-state index contributed by atoms with van der Waals surface area (Å²) in [5.41, 5.74) is 5.89. The number of carbonyl (C=O) groups excluding carboxylic acids is 2. The molecule has 2 amide bonds. The van der Waals surface area contributed by atoms with Crippen LogP contribution >= 0.6 is 0 Å². The van der Waals surface area contributed by atoms with Gasteiger partial charge in [0.2, 0.25) is 0 Å². The Bertz CT molecular complexity index is 1260. The molecule has 1 aliphatic rings. The van der Waals surface area contributed by atoms with Crippen molar-refractivity contribution in [3.05, 3.63) is 69.0 Å². The lowest BCUT2D eigenvalue weighted by Crippen LogP contribution is -2.25. The standard InChI is InChI=1S/C19H13N3O5/c1-8-11(19(26)27)6-9-4-2-3-5-10(9)15(8)22-13(23)7-12-14(16(22)20)18(25)21-17(12)24/h2-7H,20H2,1H3,(H,26,27)(H,21,24,25). The second-order valence-corrected chi connectivity index (χ2v) is 6.20. The number of aromatic carboxylic acids is 1. The number of hydrogen-bond donors (Lipinski definition) is 3. The highest BCUT2D eigenvalue weighted by molar-refractivity contribution is 6.23. The number of nitrogens with one attached hydrogen (secondary N) is 1. The maximum absolute atomic E-state index is 12.8. The number of imide groups is 1. The molecular weight excluding hydrogens is 350 g/mol. The van der Waals surface area contributed by atoms with Gasteiger partial charge in [-0.15, -0.1) is 0 Å². The first kappa shape index (κ1) is 16.5. The average molecular weight is 363 g/mol. The van der Waals surface area contributed by atoms with E-state index in [0.717, 1.165) is 10.6 Å². The van der Waals surface area contributed by atoms with Crippen LogP contribution in [0, 0.1) is 6.92 Å². The van der Waals surface area contributed by atoms with Crippen molar-refractivity contribution in [2.24, 2.45) is 0 Å². The molecule has 4 N–H and O–H groups in total. The number of anilines is 1. The molecule has 2 heterocycles. The number of carboxylic acid groups (broad SMARTS) is 1. The number of nitrogen functional groups attached to an aromatic ring is 1. The van der Waals surface area contributed by atoms with Crippen molar-refractivity contribution in [3.63, 3.8) is 0 Å². The van der Waals surface area contributed by atoms with Gasteiger partial charge in [0.1, 0.15) is 5.82 Å². The van der Waals surface area contributed by atoms with Crippen LogP contribution in [0.5, 0.6) is 0 Å². The predicted octanol–water partition coefficient (Wildman–Crippen LogP) is 1.46. The zero-order valence-corrected chi connectivity index (χ0v) is 14.1. The fourth-order valence-electron chi connectivity index (χ4n) is 3.45. The minimum Gasteiger partial charge on any atom is -0.478 e. The van der Waals surface area contributed by atoms with E-state index in [-0.39, 0.29) is 28.2 Å². The van der Waals surface area contributed by atoms with Crippen LogP contribution in [-0.4, -0.2) is 27.5 Å². The van der Waals surface area contributed by atoms with E-state index in [1.807, 2.05) is 0 Å². The number of carbonyl (C=O) groups is 3. The van der Waals surface area contributed by atoms with E-state index >= 15 is 0 Å². The van der Waals surface area contributed by atoms with Crippen molar-refractivity contribution >= 4 is 34.4 Å². The highest BCUT2D eigenvalue weighted by atomic mass is 16.4. The normalized spacial score (nSPS) is 12.9. The topological polar surface area (TPSA) is 131 Å². The molecular formula is C19H13N3O5. The van der Waals surface area contributed by atoms with Gasteiger partial charge in [0.25, 0.3) is 17.4 Å². The Morgan fingerprint density at radius 3 is 2.52 bits per heavy atom. The van der Waals surface area contributed by atoms with Gasteiger partial charge in [0.05, 0.1) is 22.4 Å². The Morgan fingerprint density at radius 1 is 1.11 bits per heavy atom. The molecule has 2 aromatic carbocycles. The monoisotopic (exact) mass is 363 g/mol. The van der Waals surface area contributed by atoms with Gasteiger partial charge in [-0.3, -0.25) is 24.3 Å². The summed E-state index contributed by atoms with van der Waals surface area (Å²) in [7, 11) is 0. The summed E-state index contributed by atoms with van der Waals surface area (Å²) in [6.45, 7) is 1.57. The minimum atomic E-state index is -1.15. The average Bonchev–Trinajstić information content (AvgIpc) is 2.89. The molecule has 0 atom stereocenters. The second-order valence-electron chi connectivity index (χ2n) is 6.20. The van der Waals surface area contributed by atoms with Gasteiger partial charge < -0.3 is 10.8 Å². The van der Waals surface area contributed by atoms with E-state index in [1.165, 1.54) is 6.07 Å². The Hall–Kier alpha value is -3.94. The fraction of sp³-hybridized carbons (Fsp3) is 0.0526. The Balaban J connectivity index is 2.20. The number of amides is 2. The lowest BCUT2D eigenvalue weighted by atomic mass is 9.98. The first-order chi connectivity index (χ1) is 12.8. The largest absolute Gasteiger partial charge is 0.478 e. The van der Waals surface area contributed by atoms with Crippen LogP contribution in [0.3, 0.4) is 0 Å². The van der Waals surface area contributed by atoms with Gasteiger partial charge >= 0.3 is 5.97 Å². The molecule has 0 unspecified atom stereocenters. The van der Waals surface area contributed by atoms with Crippen LogP contribution < -0.4 is 16.6 Å². The van der Waals surface area contributed by atoms with Gasteiger partial charge in [-0.25, -0.2) is 4.79 Å². The first-order valence-corrected chi connectivity index (χ1v) is 7.98. The summed E-state index contributed by atoms with van der Waals surface area (Å²) in [5, 5.41) is 12.8. The van der Waals surface area contributed by atoms with E-state index in [0.29, 0.717) is 16.3 Å². The molecule has 0 fully saturated rings. The van der Waals surface area contributed by atoms with Crippen LogP contribution in [0.15, 0.2) is 41.2 Å². The number of nitrogens with two attached hydrogens (primary N) is 1. The number of benzene rings is 2. The van der Waals surface area contributed by atoms with E-state index < -0.39 is 23.3 Å². The summed E-state index contributed by atoms with van der Waals surface area (Å²) in [6.07, 6.45) is 0. The van der Waals surface area contributed by atoms with Crippen LogP contribution in [0.25, 0.3) is 16.5 Å². The van der Waals surface area contributed by atoms with Gasteiger partial charge in [-0.1, -0.05) is 24.3 Å². The van der Waals surface area contributed by atoms with Crippen LogP contribution in [-0.2, 0) is 0 Å². The molecule has 0 saturated carbocycles. The Kier molecular flexibility index (Phi) is 3.38. The molecule has 0 radical (unpaired) electrons. The quantitative estimate of drug-likeness (QED) is 0.591. The summed E-state index contributed by atoms with van der Waals surface area (Å²) in [6, 6.07) is 9.49. The van der Waals surface area contributed by atoms with E-state index in [2.05, 4.69) is 5.32 Å². The first-order valence-electron chi connectivity index (χ1n) is 7.98. The van der Waals surface area contributed by atoms with E-state index in [1.54, 1.807) is 31.2 Å². The summed E-state index contributed by atoms with van der Waals surface area (Å²) >= 11 is 0. The van der Waals surface area contributed by atoms with Crippen molar-refractivity contribution in [1.82, 2.24) is 9.88 Å². The molecule has 4 rings (SSSR count). The third kappa shape index (κ3) is 2.23. The third-order valence-electron chi connectivity index (χ3n) is 4.68. The molecule has 0 saturated heterocycles. The summed E-state index contributed by atoms with van der Waals surface area (Å²) in [4.78, 5) is 48.4. The van der Waals surface area contributed by atoms with E-state index in [9.17, 15) is 24.3 Å². The lowest BCUT2D eigenvalue weighted by molar-refractivity contribution is 0.0695. The van der Waals surface area contributed by atoms with Crippen molar-refractivity contribution in [3.8, 4) is 5.69 Å². The van der Waals surface area contributed by atoms with Crippen molar-refractivity contribution < 1.29 is 19.5 Å². The molecule has 0 bridgehead atoms. The molecule has 0 spiro atoms. The molecule has 1 aliphatic heterocycles. The van der Waals surface area contributed by atoms with Crippen LogP contribution in [0.2, 0.25) is 0 Å². The smallest absolute Gasteiger partial charge is 0.336 e. The van der Waals surface area contributed by atoms with Crippen molar-refractivity contribution in [2.75, 3.05) is 5.73 Å². The van der Waals surface area contributed by atoms with Gasteiger partial charge in [-0.2, -0.15) is 0 Å². The lowest BCUT2D eigenvalue weighted by Gasteiger charge is -2.18. The molecule has 134 valence electrons. The number of hydrogen-bond acceptors (Lipinski definition) is 5. The maximum atomic E-state index is 12.8. The van der Waals surface area contributed by atoms with E-state index in [4.69, 9.17) is 5.73 Å². The van der Waals surface area contributed by atoms with Crippen molar-refractivity contribution in [2.45, 2.75) is 6.92 Å². The van der Waals surface area contributed by atoms with Crippen LogP contribution in [0.1, 0.15) is 36.6 Å². The predicted molar refractivity (Wildman–Crippen MR) is 97.5 cm³/mol. The van der Waals surface area contributed by atoms with Gasteiger partial charge in [-0.05, 0) is 23.9 Å². The molecule has 8 heteroatoms. The molecule has 3 aromatic rings. The third-order valence-corrected chi connectivity index (χ3v) is 4.68. The Labute approximate surface area is 151 Å². The second kappa shape index (κ2) is 5.53. The zero-order chi connectivity index (χ0) is 19.5. The molecule has 27 heavy (non-hydrogen) atoms. The van der Waals surface area contributed by atoms with Gasteiger partial charge in [0, 0.05) is 11.5 Å². The number of nitrogens with zero attached hydrogens (tertiary/aromatic N) is 1. The summed E-state index contributed by atoms with van der Waals surface area (Å²) < 4.78 is 1.08. The number of fused-ring (bicyclic) bond motifs is 2. The minimum absolute atomic E-state index is 0.0102. The van der Waals surface area contributed by atoms with Crippen molar-refractivity contribution in [1.29, 1.82) is 0 Å². The highest BCUT2D eigenvalue weighted by Gasteiger charge is 2.32. The van der Waals surface area contributed by atoms with Crippen LogP contribution in [0.4, 0.5) is 5.82 Å². The number of aromatic nitrogens is 1. The summed E-state index contributed by atoms with van der Waals surface area (Å²) in [5.74, 6) is -2.75. The Morgan fingerprint density at radius 2 is 1.81 bits per heavy atom. The number of rotatable bonds is 2.